The highest BCUT2D eigenvalue weighted by atomic mass is 35.5. The van der Waals surface area contributed by atoms with Gasteiger partial charge in [-0.15, -0.1) is 11.6 Å². The Balaban J connectivity index is 2.54. The minimum atomic E-state index is 0.574. The number of hydrogen-bond acceptors (Lipinski definition) is 2. The number of aryl methyl sites for hydroxylation is 1. The zero-order valence-corrected chi connectivity index (χ0v) is 11.7. The molecule has 1 rings (SSSR count). The summed E-state index contributed by atoms with van der Waals surface area (Å²) >= 11 is 5.58. The second kappa shape index (κ2) is 8.85. The van der Waals surface area contributed by atoms with E-state index in [1.54, 1.807) is 0 Å². The molecular formula is C15H19ClO2. The van der Waals surface area contributed by atoms with Crippen LogP contribution in [0.15, 0.2) is 18.2 Å². The molecule has 0 spiro atoms. The van der Waals surface area contributed by atoms with E-state index in [-0.39, 0.29) is 0 Å². The number of hydrogen-bond donors (Lipinski definition) is 0. The number of halogens is 1. The van der Waals surface area contributed by atoms with Crippen molar-refractivity contribution in [2.24, 2.45) is 0 Å². The summed E-state index contributed by atoms with van der Waals surface area (Å²) in [5.74, 6) is 7.56. The molecule has 2 nitrogen and oxygen atoms in total. The molecule has 0 bridgehead atoms. The van der Waals surface area contributed by atoms with Gasteiger partial charge in [0.1, 0.15) is 12.4 Å². The molecule has 0 fully saturated rings. The zero-order chi connectivity index (χ0) is 13.2. The molecule has 0 amide bonds. The second-order valence-electron chi connectivity index (χ2n) is 3.76. The fourth-order valence-electron chi connectivity index (χ4n) is 1.43. The first kappa shape index (κ1) is 14.9. The maximum atomic E-state index is 5.58. The summed E-state index contributed by atoms with van der Waals surface area (Å²) in [6.45, 7) is 5.91. The van der Waals surface area contributed by atoms with E-state index in [0.29, 0.717) is 25.5 Å². The Bertz CT molecular complexity index is 418. The maximum absolute atomic E-state index is 5.58. The van der Waals surface area contributed by atoms with Crippen molar-refractivity contribution in [3.05, 3.63) is 29.3 Å². The van der Waals surface area contributed by atoms with Crippen molar-refractivity contribution in [2.45, 2.75) is 20.3 Å². The molecule has 1 aromatic rings. The third-order valence-electron chi connectivity index (χ3n) is 2.34. The van der Waals surface area contributed by atoms with Gasteiger partial charge in [0.15, 0.2) is 0 Å². The van der Waals surface area contributed by atoms with E-state index in [4.69, 9.17) is 21.1 Å². The van der Waals surface area contributed by atoms with Gasteiger partial charge in [-0.05, 0) is 37.6 Å². The zero-order valence-electron chi connectivity index (χ0n) is 11.0. The van der Waals surface area contributed by atoms with Crippen LogP contribution in [0.3, 0.4) is 0 Å². The number of alkyl halides is 1. The van der Waals surface area contributed by atoms with Crippen LogP contribution >= 0.6 is 11.6 Å². The molecule has 0 heterocycles. The summed E-state index contributed by atoms with van der Waals surface area (Å²) in [4.78, 5) is 0. The lowest BCUT2D eigenvalue weighted by Crippen LogP contribution is -2.06. The lowest BCUT2D eigenvalue weighted by atomic mass is 10.1. The van der Waals surface area contributed by atoms with Crippen molar-refractivity contribution < 1.29 is 9.47 Å². The van der Waals surface area contributed by atoms with E-state index in [2.05, 4.69) is 11.8 Å². The molecule has 0 aliphatic carbocycles. The lowest BCUT2D eigenvalue weighted by molar-refractivity contribution is 0.110. The van der Waals surface area contributed by atoms with Gasteiger partial charge in [0.25, 0.3) is 0 Å². The van der Waals surface area contributed by atoms with Gasteiger partial charge in [-0.3, -0.25) is 0 Å². The lowest BCUT2D eigenvalue weighted by Gasteiger charge is -2.07. The van der Waals surface area contributed by atoms with Gasteiger partial charge in [-0.25, -0.2) is 0 Å². The van der Waals surface area contributed by atoms with Crippen LogP contribution in [0.2, 0.25) is 0 Å². The molecule has 0 aromatic heterocycles. The van der Waals surface area contributed by atoms with E-state index in [9.17, 15) is 0 Å². The Morgan fingerprint density at radius 2 is 2.11 bits per heavy atom. The Morgan fingerprint density at radius 1 is 1.28 bits per heavy atom. The second-order valence-corrected chi connectivity index (χ2v) is 4.14. The first-order valence-corrected chi connectivity index (χ1v) is 6.67. The Morgan fingerprint density at radius 3 is 2.78 bits per heavy atom. The van der Waals surface area contributed by atoms with E-state index in [1.807, 2.05) is 32.0 Å². The summed E-state index contributed by atoms with van der Waals surface area (Å²) in [6, 6.07) is 5.91. The van der Waals surface area contributed by atoms with Gasteiger partial charge < -0.3 is 9.47 Å². The van der Waals surface area contributed by atoms with Crippen molar-refractivity contribution in [1.82, 2.24) is 0 Å². The van der Waals surface area contributed by atoms with Crippen LogP contribution in [-0.4, -0.2) is 25.7 Å². The maximum Gasteiger partial charge on any atom is 0.119 e. The highest BCUT2D eigenvalue weighted by Crippen LogP contribution is 2.16. The van der Waals surface area contributed by atoms with Crippen molar-refractivity contribution in [3.8, 4) is 17.6 Å². The molecule has 18 heavy (non-hydrogen) atoms. The SMILES string of the molecule is CCOCCOc1ccc(C#CCCCl)c(C)c1. The number of benzene rings is 1. The quantitative estimate of drug-likeness (QED) is 0.446. The molecule has 0 saturated heterocycles. The predicted molar refractivity (Wildman–Crippen MR) is 75.4 cm³/mol. The molecule has 0 atom stereocenters. The van der Waals surface area contributed by atoms with E-state index >= 15 is 0 Å². The Hall–Kier alpha value is -1.17. The van der Waals surface area contributed by atoms with Crippen molar-refractivity contribution in [1.29, 1.82) is 0 Å². The normalized spacial score (nSPS) is 9.72. The monoisotopic (exact) mass is 266 g/mol. The van der Waals surface area contributed by atoms with Gasteiger partial charge in [0.05, 0.1) is 6.61 Å². The van der Waals surface area contributed by atoms with E-state index in [1.165, 1.54) is 0 Å². The van der Waals surface area contributed by atoms with E-state index < -0.39 is 0 Å². The summed E-state index contributed by atoms with van der Waals surface area (Å²) in [5.41, 5.74) is 2.14. The summed E-state index contributed by atoms with van der Waals surface area (Å²) in [5, 5.41) is 0. The van der Waals surface area contributed by atoms with Crippen LogP contribution in [0.1, 0.15) is 24.5 Å². The van der Waals surface area contributed by atoms with Crippen LogP contribution in [-0.2, 0) is 4.74 Å². The first-order valence-electron chi connectivity index (χ1n) is 6.14. The molecular weight excluding hydrogens is 248 g/mol. The van der Waals surface area contributed by atoms with Gasteiger partial charge in [-0.2, -0.15) is 0 Å². The average molecular weight is 267 g/mol. The third-order valence-corrected chi connectivity index (χ3v) is 2.53. The van der Waals surface area contributed by atoms with E-state index in [0.717, 1.165) is 23.5 Å². The van der Waals surface area contributed by atoms with Crippen LogP contribution < -0.4 is 4.74 Å². The fourth-order valence-corrected chi connectivity index (χ4v) is 1.53. The molecule has 0 N–H and O–H groups in total. The minimum absolute atomic E-state index is 0.574. The van der Waals surface area contributed by atoms with Gasteiger partial charge in [-0.1, -0.05) is 11.8 Å². The van der Waals surface area contributed by atoms with Crippen molar-refractivity contribution >= 4 is 11.6 Å². The Labute approximate surface area is 114 Å². The summed E-state index contributed by atoms with van der Waals surface area (Å²) < 4.78 is 10.8. The molecule has 0 radical (unpaired) electrons. The number of rotatable bonds is 6. The van der Waals surface area contributed by atoms with Crippen LogP contribution in [0.4, 0.5) is 0 Å². The van der Waals surface area contributed by atoms with Crippen LogP contribution in [0.25, 0.3) is 0 Å². The fraction of sp³-hybridized carbons (Fsp3) is 0.467. The molecule has 3 heteroatoms. The Kier molecular flexibility index (Phi) is 7.32. The van der Waals surface area contributed by atoms with Crippen LogP contribution in [0, 0.1) is 18.8 Å². The highest BCUT2D eigenvalue weighted by Gasteiger charge is 1.98. The van der Waals surface area contributed by atoms with Gasteiger partial charge in [0, 0.05) is 24.5 Å². The van der Waals surface area contributed by atoms with Crippen molar-refractivity contribution in [2.75, 3.05) is 25.7 Å². The minimum Gasteiger partial charge on any atom is -0.491 e. The molecule has 0 aliphatic rings. The summed E-state index contributed by atoms with van der Waals surface area (Å²) in [7, 11) is 0. The first-order chi connectivity index (χ1) is 8.77. The van der Waals surface area contributed by atoms with Gasteiger partial charge >= 0.3 is 0 Å². The molecule has 0 saturated carbocycles. The molecule has 0 unspecified atom stereocenters. The highest BCUT2D eigenvalue weighted by molar-refractivity contribution is 6.18. The molecule has 0 aliphatic heterocycles. The molecule has 1 aromatic carbocycles. The largest absolute Gasteiger partial charge is 0.491 e. The average Bonchev–Trinajstić information content (AvgIpc) is 2.37. The summed E-state index contributed by atoms with van der Waals surface area (Å²) in [6.07, 6.45) is 0.716. The standard InChI is InChI=1S/C15H19ClO2/c1-3-17-10-11-18-15-8-7-14(13(2)12-15)6-4-5-9-16/h7-8,12H,3,5,9-11H2,1-2H3. The number of ether oxygens (including phenoxy) is 2. The van der Waals surface area contributed by atoms with Crippen molar-refractivity contribution in [3.63, 3.8) is 0 Å². The third kappa shape index (κ3) is 5.44. The topological polar surface area (TPSA) is 18.5 Å². The van der Waals surface area contributed by atoms with Gasteiger partial charge in [0.2, 0.25) is 0 Å². The molecule has 98 valence electrons. The smallest absolute Gasteiger partial charge is 0.119 e. The van der Waals surface area contributed by atoms with Crippen LogP contribution in [0.5, 0.6) is 5.75 Å². The predicted octanol–water partition coefficient (Wildman–Crippen LogP) is 3.39.